The Balaban J connectivity index is 2.32. The molecule has 0 radical (unpaired) electrons. The van der Waals surface area contributed by atoms with Crippen LogP contribution < -0.4 is 5.73 Å². The number of H-pyrrole nitrogens is 1. The third-order valence-corrected chi connectivity index (χ3v) is 2.64. The van der Waals surface area contributed by atoms with E-state index >= 15 is 0 Å². The van der Waals surface area contributed by atoms with E-state index in [0.717, 1.165) is 16.9 Å². The molecule has 2 rings (SSSR count). The summed E-state index contributed by atoms with van der Waals surface area (Å²) < 4.78 is 7.01. The second kappa shape index (κ2) is 4.54. The Labute approximate surface area is 102 Å². The standard InChI is InChI=1S/C10H12N4O2S/c1-6-2-3-7-8(12-6)14(10(17)13-7)4-5-16-9(11)15/h2-3H,4-5H2,1H3,(H2,11,15)(H,13,17). The number of pyridine rings is 1. The van der Waals surface area contributed by atoms with Crippen molar-refractivity contribution in [2.24, 2.45) is 5.73 Å². The third kappa shape index (κ3) is 2.44. The predicted octanol–water partition coefficient (Wildman–Crippen LogP) is 1.50. The van der Waals surface area contributed by atoms with E-state index in [0.29, 0.717) is 11.3 Å². The number of rotatable bonds is 3. The van der Waals surface area contributed by atoms with E-state index in [2.05, 4.69) is 14.7 Å². The van der Waals surface area contributed by atoms with E-state index < -0.39 is 6.09 Å². The van der Waals surface area contributed by atoms with Gasteiger partial charge in [0, 0.05) is 5.69 Å². The van der Waals surface area contributed by atoms with Crippen LogP contribution in [-0.2, 0) is 11.3 Å². The fourth-order valence-electron chi connectivity index (χ4n) is 1.57. The van der Waals surface area contributed by atoms with Crippen molar-refractivity contribution in [1.82, 2.24) is 14.5 Å². The molecule has 0 aromatic carbocycles. The topological polar surface area (TPSA) is 85.9 Å². The second-order valence-electron chi connectivity index (χ2n) is 3.57. The lowest BCUT2D eigenvalue weighted by molar-refractivity contribution is 0.152. The Hall–Kier alpha value is -1.89. The molecule has 0 atom stereocenters. The van der Waals surface area contributed by atoms with Crippen LogP contribution in [0.1, 0.15) is 5.69 Å². The van der Waals surface area contributed by atoms with Gasteiger partial charge in [0.05, 0.1) is 12.1 Å². The maximum atomic E-state index is 10.5. The van der Waals surface area contributed by atoms with Crippen LogP contribution in [0, 0.1) is 11.7 Å². The van der Waals surface area contributed by atoms with Gasteiger partial charge in [-0.2, -0.15) is 0 Å². The fourth-order valence-corrected chi connectivity index (χ4v) is 1.86. The van der Waals surface area contributed by atoms with Crippen molar-refractivity contribution in [3.8, 4) is 0 Å². The highest BCUT2D eigenvalue weighted by atomic mass is 32.1. The maximum Gasteiger partial charge on any atom is 0.404 e. The number of carbonyl (C=O) groups is 1. The lowest BCUT2D eigenvalue weighted by Gasteiger charge is -2.04. The summed E-state index contributed by atoms with van der Waals surface area (Å²) in [7, 11) is 0. The average molecular weight is 252 g/mol. The molecule has 2 aromatic heterocycles. The predicted molar refractivity (Wildman–Crippen MR) is 65.2 cm³/mol. The van der Waals surface area contributed by atoms with E-state index in [-0.39, 0.29) is 6.61 Å². The number of ether oxygens (including phenoxy) is 1. The Bertz CT molecular complexity index is 616. The van der Waals surface area contributed by atoms with Crippen LogP contribution >= 0.6 is 12.2 Å². The van der Waals surface area contributed by atoms with Crippen LogP contribution in [0.2, 0.25) is 0 Å². The first-order valence-corrected chi connectivity index (χ1v) is 5.47. The Morgan fingerprint density at radius 1 is 1.65 bits per heavy atom. The molecule has 0 unspecified atom stereocenters. The van der Waals surface area contributed by atoms with Gasteiger partial charge in [-0.25, -0.2) is 9.78 Å². The van der Waals surface area contributed by atoms with Crippen LogP contribution in [0.5, 0.6) is 0 Å². The molecule has 0 bridgehead atoms. The number of hydrogen-bond donors (Lipinski definition) is 2. The molecule has 1 amide bonds. The Morgan fingerprint density at radius 2 is 2.41 bits per heavy atom. The molecule has 6 nitrogen and oxygen atoms in total. The van der Waals surface area contributed by atoms with Crippen molar-refractivity contribution in [3.05, 3.63) is 22.6 Å². The number of imidazole rings is 1. The summed E-state index contributed by atoms with van der Waals surface area (Å²) in [5.41, 5.74) is 7.40. The summed E-state index contributed by atoms with van der Waals surface area (Å²) >= 11 is 5.17. The second-order valence-corrected chi connectivity index (χ2v) is 3.96. The number of hydrogen-bond acceptors (Lipinski definition) is 4. The smallest absolute Gasteiger partial charge is 0.404 e. The van der Waals surface area contributed by atoms with Crippen molar-refractivity contribution in [1.29, 1.82) is 0 Å². The first-order valence-electron chi connectivity index (χ1n) is 5.06. The first-order chi connectivity index (χ1) is 8.08. The molecular formula is C10H12N4O2S. The SMILES string of the molecule is Cc1ccc2[nH]c(=S)n(CCOC(N)=O)c2n1. The van der Waals surface area contributed by atoms with Gasteiger partial charge in [-0.3, -0.25) is 4.57 Å². The molecule has 2 aromatic rings. The summed E-state index contributed by atoms with van der Waals surface area (Å²) in [6.45, 7) is 2.50. The average Bonchev–Trinajstić information content (AvgIpc) is 2.55. The van der Waals surface area contributed by atoms with Gasteiger partial charge in [-0.15, -0.1) is 0 Å². The summed E-state index contributed by atoms with van der Waals surface area (Å²) in [6.07, 6.45) is -0.791. The van der Waals surface area contributed by atoms with E-state index in [1.165, 1.54) is 0 Å². The fraction of sp³-hybridized carbons (Fsp3) is 0.300. The molecule has 7 heteroatoms. The largest absolute Gasteiger partial charge is 0.448 e. The zero-order valence-corrected chi connectivity index (χ0v) is 10.1. The van der Waals surface area contributed by atoms with Crippen LogP contribution in [0.25, 0.3) is 11.2 Å². The Morgan fingerprint density at radius 3 is 3.12 bits per heavy atom. The summed E-state index contributed by atoms with van der Waals surface area (Å²) in [6, 6.07) is 3.82. The van der Waals surface area contributed by atoms with Gasteiger partial charge in [0.1, 0.15) is 6.61 Å². The van der Waals surface area contributed by atoms with E-state index in [4.69, 9.17) is 18.0 Å². The zero-order chi connectivity index (χ0) is 12.4. The lowest BCUT2D eigenvalue weighted by Crippen LogP contribution is -2.16. The molecule has 0 aliphatic heterocycles. The number of primary amides is 1. The van der Waals surface area contributed by atoms with Crippen molar-refractivity contribution >= 4 is 29.5 Å². The molecule has 0 aliphatic rings. The number of nitrogens with zero attached hydrogens (tertiary/aromatic N) is 2. The molecule has 0 spiro atoms. The van der Waals surface area contributed by atoms with Gasteiger partial charge in [0.25, 0.3) is 0 Å². The summed E-state index contributed by atoms with van der Waals surface area (Å²) in [5, 5.41) is 0. The molecule has 0 saturated heterocycles. The monoisotopic (exact) mass is 252 g/mol. The van der Waals surface area contributed by atoms with Gasteiger partial charge < -0.3 is 15.5 Å². The van der Waals surface area contributed by atoms with Crippen molar-refractivity contribution < 1.29 is 9.53 Å². The number of aryl methyl sites for hydroxylation is 1. The third-order valence-electron chi connectivity index (χ3n) is 2.32. The Kier molecular flexibility index (Phi) is 3.10. The van der Waals surface area contributed by atoms with Crippen LogP contribution in [0.3, 0.4) is 0 Å². The van der Waals surface area contributed by atoms with Gasteiger partial charge in [0.15, 0.2) is 10.4 Å². The van der Waals surface area contributed by atoms with Crippen molar-refractivity contribution in [2.45, 2.75) is 13.5 Å². The number of nitrogens with one attached hydrogen (secondary N) is 1. The molecule has 0 fully saturated rings. The molecule has 17 heavy (non-hydrogen) atoms. The first kappa shape index (κ1) is 11.6. The van der Waals surface area contributed by atoms with Crippen LogP contribution in [-0.4, -0.2) is 27.2 Å². The molecule has 3 N–H and O–H groups in total. The number of fused-ring (bicyclic) bond motifs is 1. The van der Waals surface area contributed by atoms with Crippen LogP contribution in [0.4, 0.5) is 4.79 Å². The maximum absolute atomic E-state index is 10.5. The molecule has 2 heterocycles. The molecular weight excluding hydrogens is 240 g/mol. The van der Waals surface area contributed by atoms with Gasteiger partial charge in [-0.1, -0.05) is 0 Å². The van der Waals surface area contributed by atoms with Gasteiger partial charge in [-0.05, 0) is 31.3 Å². The summed E-state index contributed by atoms with van der Waals surface area (Å²) in [4.78, 5) is 17.9. The van der Waals surface area contributed by atoms with Crippen LogP contribution in [0.15, 0.2) is 12.1 Å². The highest BCUT2D eigenvalue weighted by Gasteiger charge is 2.06. The number of amides is 1. The zero-order valence-electron chi connectivity index (χ0n) is 9.27. The van der Waals surface area contributed by atoms with Crippen molar-refractivity contribution in [2.75, 3.05) is 6.61 Å². The highest BCUT2D eigenvalue weighted by Crippen LogP contribution is 2.12. The lowest BCUT2D eigenvalue weighted by atomic mass is 10.3. The minimum Gasteiger partial charge on any atom is -0.448 e. The molecule has 0 saturated carbocycles. The normalized spacial score (nSPS) is 10.6. The quantitative estimate of drug-likeness (QED) is 0.810. The minimum absolute atomic E-state index is 0.173. The number of aromatic nitrogens is 3. The minimum atomic E-state index is -0.791. The van der Waals surface area contributed by atoms with Gasteiger partial charge >= 0.3 is 6.09 Å². The van der Waals surface area contributed by atoms with E-state index in [9.17, 15) is 4.79 Å². The molecule has 0 aliphatic carbocycles. The number of aromatic amines is 1. The number of carbonyl (C=O) groups excluding carboxylic acids is 1. The van der Waals surface area contributed by atoms with E-state index in [1.54, 1.807) is 4.57 Å². The van der Waals surface area contributed by atoms with E-state index in [1.807, 2.05) is 19.1 Å². The molecule has 90 valence electrons. The summed E-state index contributed by atoms with van der Waals surface area (Å²) in [5.74, 6) is 0. The van der Waals surface area contributed by atoms with Gasteiger partial charge in [0.2, 0.25) is 0 Å². The highest BCUT2D eigenvalue weighted by molar-refractivity contribution is 7.71. The van der Waals surface area contributed by atoms with Crippen molar-refractivity contribution in [3.63, 3.8) is 0 Å². The number of nitrogens with two attached hydrogens (primary N) is 1.